The fraction of sp³-hybridized carbons (Fsp3) is 0.182. The quantitative estimate of drug-likeness (QED) is 0.464. The lowest BCUT2D eigenvalue weighted by Crippen LogP contribution is -2.42. The Hall–Kier alpha value is -2.77. The Morgan fingerprint density at radius 2 is 1.79 bits per heavy atom. The lowest BCUT2D eigenvalue weighted by atomic mass is 10.1. The fourth-order valence-corrected chi connectivity index (χ4v) is 1.33. The average Bonchev–Trinajstić information content (AvgIpc) is 2.31. The number of carbonyl (C=O) groups excluding carboxylic acids is 1. The van der Waals surface area contributed by atoms with Gasteiger partial charge in [-0.3, -0.25) is 9.59 Å². The molecule has 0 unspecified atom stereocenters. The standard InChI is InChI=1S/C11H11NO7/c13-7-3-1-2-5(9(7)16)10(17)12-6(11(18)19)4-8(14)15/h1-3,6,13,16H,4H2,(H,12,17)(H,14,15)(H,18,19)/t6-/m0/s1. The largest absolute Gasteiger partial charge is 0.504 e. The van der Waals surface area contributed by atoms with Gasteiger partial charge in [-0.15, -0.1) is 0 Å². The maximum atomic E-state index is 11.7. The van der Waals surface area contributed by atoms with Crippen molar-refractivity contribution < 1.29 is 34.8 Å². The molecule has 8 heteroatoms. The summed E-state index contributed by atoms with van der Waals surface area (Å²) < 4.78 is 0. The summed E-state index contributed by atoms with van der Waals surface area (Å²) in [6.07, 6.45) is -0.805. The van der Waals surface area contributed by atoms with Gasteiger partial charge in [-0.05, 0) is 12.1 Å². The van der Waals surface area contributed by atoms with E-state index in [0.717, 1.165) is 12.1 Å². The van der Waals surface area contributed by atoms with E-state index in [1.807, 2.05) is 5.32 Å². The van der Waals surface area contributed by atoms with Crippen molar-refractivity contribution in [2.24, 2.45) is 0 Å². The van der Waals surface area contributed by atoms with Gasteiger partial charge in [-0.1, -0.05) is 6.07 Å². The molecule has 8 nitrogen and oxygen atoms in total. The molecule has 102 valence electrons. The van der Waals surface area contributed by atoms with E-state index in [2.05, 4.69) is 0 Å². The van der Waals surface area contributed by atoms with Crippen molar-refractivity contribution >= 4 is 17.8 Å². The minimum absolute atomic E-state index is 0.350. The zero-order valence-electron chi connectivity index (χ0n) is 9.53. The van der Waals surface area contributed by atoms with Crippen LogP contribution in [-0.4, -0.2) is 44.3 Å². The van der Waals surface area contributed by atoms with E-state index in [0.29, 0.717) is 0 Å². The van der Waals surface area contributed by atoms with Crippen LogP contribution in [0.25, 0.3) is 0 Å². The van der Waals surface area contributed by atoms with Crippen LogP contribution in [0.2, 0.25) is 0 Å². The van der Waals surface area contributed by atoms with Gasteiger partial charge in [-0.2, -0.15) is 0 Å². The molecule has 0 saturated heterocycles. The third kappa shape index (κ3) is 3.60. The van der Waals surface area contributed by atoms with Crippen LogP contribution >= 0.6 is 0 Å². The first-order chi connectivity index (χ1) is 8.82. The van der Waals surface area contributed by atoms with E-state index in [4.69, 9.17) is 10.2 Å². The van der Waals surface area contributed by atoms with Crippen molar-refractivity contribution in [1.82, 2.24) is 5.32 Å². The van der Waals surface area contributed by atoms with E-state index in [-0.39, 0.29) is 5.56 Å². The molecule has 0 spiro atoms. The number of amides is 1. The molecule has 0 saturated carbocycles. The van der Waals surface area contributed by atoms with Crippen LogP contribution in [0.1, 0.15) is 16.8 Å². The molecule has 1 amide bonds. The third-order valence-electron chi connectivity index (χ3n) is 2.24. The Kier molecular flexibility index (Phi) is 4.30. The summed E-state index contributed by atoms with van der Waals surface area (Å²) in [6, 6.07) is 1.94. The number of benzene rings is 1. The number of phenolic OH excluding ortho intramolecular Hbond substituents is 2. The Morgan fingerprint density at radius 1 is 1.16 bits per heavy atom. The topological polar surface area (TPSA) is 144 Å². The maximum Gasteiger partial charge on any atom is 0.326 e. The summed E-state index contributed by atoms with van der Waals surface area (Å²) >= 11 is 0. The molecule has 1 atom stereocenters. The molecular formula is C11H11NO7. The van der Waals surface area contributed by atoms with Gasteiger partial charge in [0.2, 0.25) is 0 Å². The minimum Gasteiger partial charge on any atom is -0.504 e. The minimum atomic E-state index is -1.63. The highest BCUT2D eigenvalue weighted by Gasteiger charge is 2.25. The van der Waals surface area contributed by atoms with Crippen LogP contribution in [0.3, 0.4) is 0 Å². The number of hydrogen-bond donors (Lipinski definition) is 5. The lowest BCUT2D eigenvalue weighted by molar-refractivity contribution is -0.145. The summed E-state index contributed by atoms with van der Waals surface area (Å²) in [7, 11) is 0. The first-order valence-electron chi connectivity index (χ1n) is 5.09. The van der Waals surface area contributed by atoms with Crippen molar-refractivity contribution in [3.8, 4) is 11.5 Å². The Bertz CT molecular complexity index is 526. The van der Waals surface area contributed by atoms with Crippen molar-refractivity contribution in [3.63, 3.8) is 0 Å². The van der Waals surface area contributed by atoms with Crippen LogP contribution in [0.4, 0.5) is 0 Å². The molecule has 0 aliphatic heterocycles. The van der Waals surface area contributed by atoms with Crippen molar-refractivity contribution in [2.75, 3.05) is 0 Å². The highest BCUT2D eigenvalue weighted by molar-refractivity contribution is 6.00. The first kappa shape index (κ1) is 14.3. The monoisotopic (exact) mass is 269 g/mol. The number of carboxylic acid groups (broad SMARTS) is 2. The van der Waals surface area contributed by atoms with Gasteiger partial charge in [0.05, 0.1) is 12.0 Å². The van der Waals surface area contributed by atoms with Gasteiger partial charge in [0.1, 0.15) is 6.04 Å². The van der Waals surface area contributed by atoms with Crippen molar-refractivity contribution in [1.29, 1.82) is 0 Å². The smallest absolute Gasteiger partial charge is 0.326 e. The molecule has 0 heterocycles. The molecule has 0 aliphatic rings. The van der Waals surface area contributed by atoms with Gasteiger partial charge in [-0.25, -0.2) is 4.79 Å². The Labute approximate surface area is 106 Å². The molecule has 0 bridgehead atoms. The summed E-state index contributed by atoms with van der Waals surface area (Å²) in [5.74, 6) is -5.16. The fourth-order valence-electron chi connectivity index (χ4n) is 1.33. The van der Waals surface area contributed by atoms with Crippen molar-refractivity contribution in [3.05, 3.63) is 23.8 Å². The number of hydrogen-bond acceptors (Lipinski definition) is 5. The summed E-state index contributed by atoms with van der Waals surface area (Å²) in [5.41, 5.74) is -0.350. The summed E-state index contributed by atoms with van der Waals surface area (Å²) in [4.78, 5) is 32.9. The average molecular weight is 269 g/mol. The second kappa shape index (κ2) is 5.71. The van der Waals surface area contributed by atoms with Crippen LogP contribution in [0.5, 0.6) is 11.5 Å². The molecule has 1 aromatic rings. The SMILES string of the molecule is O=C(O)C[C@H](NC(=O)c1cccc(O)c1O)C(=O)O. The van der Waals surface area contributed by atoms with Crippen LogP contribution in [-0.2, 0) is 9.59 Å². The molecule has 5 N–H and O–H groups in total. The second-order valence-corrected chi connectivity index (χ2v) is 3.64. The van der Waals surface area contributed by atoms with Crippen LogP contribution < -0.4 is 5.32 Å². The molecule has 0 aromatic heterocycles. The van der Waals surface area contributed by atoms with E-state index >= 15 is 0 Å². The second-order valence-electron chi connectivity index (χ2n) is 3.64. The third-order valence-corrected chi connectivity index (χ3v) is 2.24. The number of aliphatic carboxylic acids is 2. The van der Waals surface area contributed by atoms with Gasteiger partial charge in [0.15, 0.2) is 11.5 Å². The molecule has 1 aromatic carbocycles. The Balaban J connectivity index is 2.91. The number of rotatable bonds is 5. The number of aromatic hydroxyl groups is 2. The zero-order valence-corrected chi connectivity index (χ0v) is 9.53. The van der Waals surface area contributed by atoms with Gasteiger partial charge < -0.3 is 25.7 Å². The van der Waals surface area contributed by atoms with Gasteiger partial charge >= 0.3 is 11.9 Å². The number of phenols is 2. The number of carboxylic acids is 2. The van der Waals surface area contributed by atoms with Crippen LogP contribution in [0, 0.1) is 0 Å². The molecular weight excluding hydrogens is 258 g/mol. The molecule has 0 radical (unpaired) electrons. The number of nitrogens with one attached hydrogen (secondary N) is 1. The first-order valence-corrected chi connectivity index (χ1v) is 5.09. The Morgan fingerprint density at radius 3 is 2.32 bits per heavy atom. The predicted octanol–water partition coefficient (Wildman–Crippen LogP) is -0.245. The van der Waals surface area contributed by atoms with Crippen LogP contribution in [0.15, 0.2) is 18.2 Å². The van der Waals surface area contributed by atoms with Gasteiger partial charge in [0.25, 0.3) is 5.91 Å². The van der Waals surface area contributed by atoms with Crippen molar-refractivity contribution in [2.45, 2.75) is 12.5 Å². The molecule has 0 aliphatic carbocycles. The highest BCUT2D eigenvalue weighted by Crippen LogP contribution is 2.28. The lowest BCUT2D eigenvalue weighted by Gasteiger charge is -2.13. The maximum absolute atomic E-state index is 11.7. The van der Waals surface area contributed by atoms with E-state index in [1.54, 1.807) is 0 Å². The zero-order chi connectivity index (χ0) is 14.6. The summed E-state index contributed by atoms with van der Waals surface area (Å²) in [5, 5.41) is 37.8. The van der Waals surface area contributed by atoms with E-state index < -0.39 is 41.8 Å². The normalized spacial score (nSPS) is 11.6. The number of para-hydroxylation sites is 1. The summed E-state index contributed by atoms with van der Waals surface area (Å²) in [6.45, 7) is 0. The predicted molar refractivity (Wildman–Crippen MR) is 60.9 cm³/mol. The highest BCUT2D eigenvalue weighted by atomic mass is 16.4. The molecule has 0 fully saturated rings. The van der Waals surface area contributed by atoms with E-state index in [1.165, 1.54) is 6.07 Å². The molecule has 19 heavy (non-hydrogen) atoms. The van der Waals surface area contributed by atoms with Gasteiger partial charge in [0, 0.05) is 0 Å². The number of carbonyl (C=O) groups is 3. The molecule has 1 rings (SSSR count). The van der Waals surface area contributed by atoms with E-state index in [9.17, 15) is 24.6 Å².